The summed E-state index contributed by atoms with van der Waals surface area (Å²) in [6, 6.07) is 12.4. The summed E-state index contributed by atoms with van der Waals surface area (Å²) < 4.78 is 133. The molecule has 598 valence electrons. The van der Waals surface area contributed by atoms with Crippen molar-refractivity contribution >= 4 is 103 Å². The Kier molecular flexibility index (Phi) is 32.8. The lowest BCUT2D eigenvalue weighted by Gasteiger charge is -2.19. The van der Waals surface area contributed by atoms with Gasteiger partial charge in [-0.05, 0) is 140 Å². The summed E-state index contributed by atoms with van der Waals surface area (Å²) in [4.78, 5) is 109. The van der Waals surface area contributed by atoms with Gasteiger partial charge in [-0.1, -0.05) is 4.68 Å². The van der Waals surface area contributed by atoms with E-state index in [1.807, 2.05) is 0 Å². The Hall–Kier alpha value is -13.7. The first-order valence-corrected chi connectivity index (χ1v) is 32.6. The lowest BCUT2D eigenvalue weighted by atomic mass is 10.1. The third kappa shape index (κ3) is 26.9. The topological polar surface area (TPSA) is 472 Å². The molecule has 0 fully saturated rings. The number of nitrogens with zero attached hydrogens (tertiary/aromatic N) is 12. The number of halogens is 9. The number of hydrogen-bond acceptors (Lipinski definition) is 25. The van der Waals surface area contributed by atoms with Gasteiger partial charge >= 0.3 is 47.9 Å². The quantitative estimate of drug-likeness (QED) is 0.0128. The minimum atomic E-state index is -5.12. The van der Waals surface area contributed by atoms with Crippen LogP contribution >= 0.6 is 15.9 Å². The first-order chi connectivity index (χ1) is 52.2. The third-order valence-electron chi connectivity index (χ3n) is 13.2. The molecule has 0 aliphatic carbocycles. The van der Waals surface area contributed by atoms with Gasteiger partial charge in [-0.3, -0.25) is 60.9 Å². The van der Waals surface area contributed by atoms with Crippen molar-refractivity contribution in [3.8, 4) is 5.75 Å². The number of ether oxygens (including phenoxy) is 5. The van der Waals surface area contributed by atoms with E-state index in [2.05, 4.69) is 46.8 Å². The van der Waals surface area contributed by atoms with Crippen molar-refractivity contribution in [3.63, 3.8) is 0 Å². The molecule has 36 nitrogen and oxygen atoms in total. The largest absolute Gasteiger partial charge is 0.502 e. The second kappa shape index (κ2) is 40.5. The number of benzene rings is 2. The van der Waals surface area contributed by atoms with Gasteiger partial charge in [0, 0.05) is 55.1 Å². The van der Waals surface area contributed by atoms with E-state index in [1.165, 1.54) is 68.0 Å². The van der Waals surface area contributed by atoms with Crippen LogP contribution in [0, 0.1) is 83.4 Å². The molecule has 112 heavy (non-hydrogen) atoms. The van der Waals surface area contributed by atoms with Crippen LogP contribution in [0.4, 0.5) is 78.8 Å². The number of amides is 3. The predicted octanol–water partition coefficient (Wildman–Crippen LogP) is 13.0. The summed E-state index contributed by atoms with van der Waals surface area (Å²) in [5.41, 5.74) is -2.03. The average molecular weight is 1650 g/mol. The molecule has 0 bridgehead atoms. The monoisotopic (exact) mass is 1650 g/mol. The number of rotatable bonds is 14. The van der Waals surface area contributed by atoms with E-state index in [4.69, 9.17) is 34.6 Å². The molecule has 2 aromatic carbocycles. The molecule has 10 rings (SSSR count). The molecular formula is C67H68BrF8N16O20+. The highest BCUT2D eigenvalue weighted by Crippen LogP contribution is 2.31. The second-order valence-electron chi connectivity index (χ2n) is 23.8. The van der Waals surface area contributed by atoms with E-state index in [9.17, 15) is 104 Å². The van der Waals surface area contributed by atoms with E-state index in [1.54, 1.807) is 107 Å². The van der Waals surface area contributed by atoms with Gasteiger partial charge < -0.3 is 34.1 Å². The minimum absolute atomic E-state index is 0.0240. The number of aromatic nitrogens is 8. The Morgan fingerprint density at radius 3 is 1.35 bits per heavy atom. The van der Waals surface area contributed by atoms with Gasteiger partial charge in [-0.25, -0.2) is 60.9 Å². The van der Waals surface area contributed by atoms with Crippen LogP contribution in [0.15, 0.2) is 133 Å². The van der Waals surface area contributed by atoms with Crippen molar-refractivity contribution in [2.24, 2.45) is 0 Å². The van der Waals surface area contributed by atoms with Crippen LogP contribution in [0.5, 0.6) is 5.75 Å². The van der Waals surface area contributed by atoms with Crippen LogP contribution in [-0.2, 0) is 35.0 Å². The van der Waals surface area contributed by atoms with Gasteiger partial charge in [-0.2, -0.15) is 32.9 Å². The van der Waals surface area contributed by atoms with E-state index >= 15 is 0 Å². The number of carbonyl (C=O) groups excluding carboxylic acids is 6. The van der Waals surface area contributed by atoms with Crippen LogP contribution in [0.25, 0.3) is 16.6 Å². The molecule has 8 aromatic heterocycles. The van der Waals surface area contributed by atoms with Crippen molar-refractivity contribution in [2.45, 2.75) is 100 Å². The van der Waals surface area contributed by atoms with Crippen LogP contribution in [0.3, 0.4) is 0 Å². The Balaban J connectivity index is 0.000000276. The van der Waals surface area contributed by atoms with Crippen molar-refractivity contribution < 1.29 is 117 Å². The summed E-state index contributed by atoms with van der Waals surface area (Å²) in [5, 5.41) is 68.2. The lowest BCUT2D eigenvalue weighted by molar-refractivity contribution is -0.640. The molecule has 0 atom stereocenters. The molecule has 0 saturated carbocycles. The number of hydrogen-bond donors (Lipinski definition) is 5. The number of nitro groups is 4. The first kappa shape index (κ1) is 90.7. The Labute approximate surface area is 634 Å². The lowest BCUT2D eigenvalue weighted by Crippen LogP contribution is -2.44. The number of nitro benzene ring substituents is 4. The molecule has 8 heterocycles. The van der Waals surface area contributed by atoms with E-state index in [0.29, 0.717) is 23.3 Å². The number of nitrogens with two attached hydrogens (primary N) is 1. The predicted molar refractivity (Wildman–Crippen MR) is 380 cm³/mol. The summed E-state index contributed by atoms with van der Waals surface area (Å²) in [7, 11) is 0. The highest BCUT2D eigenvalue weighted by molar-refractivity contribution is 9.10. The minimum Gasteiger partial charge on any atom is -0.502 e. The van der Waals surface area contributed by atoms with Crippen molar-refractivity contribution in [1.29, 1.82) is 0 Å². The van der Waals surface area contributed by atoms with Gasteiger partial charge in [0.05, 0.1) is 92.3 Å². The number of carbonyl (C=O) groups is 6. The smallest absolute Gasteiger partial charge is 0.471 e. The van der Waals surface area contributed by atoms with E-state index in [0.717, 1.165) is 41.3 Å². The Morgan fingerprint density at radius 2 is 0.964 bits per heavy atom. The highest BCUT2D eigenvalue weighted by atomic mass is 79.9. The molecule has 0 spiro atoms. The highest BCUT2D eigenvalue weighted by Gasteiger charge is 2.39. The second-order valence-corrected chi connectivity index (χ2v) is 24.6. The molecule has 6 N–H and O–H groups in total. The Bertz CT molecular complexity index is 4870. The maximum atomic E-state index is 13.8. The number of phenols is 1. The molecule has 10 aromatic rings. The standard InChI is InChI=1S/2C11H11FN2O2.C10H8BrFN2O2.C10H14FN3O2.C10H13FN2O2.C9H6F3N3O5.C6H4N2O5/c2*1-3-16-11(15)8-6-13-14-5-4-7(2)9(12)10(8)14;1-2-16-10(15)6-5-13-14-4-3-7(11)8(12)9(6)14;1-10(2,3)16-9(15)13-8-4-5-14(12)6-7(8)11;1-10(2,3)15-9(14)13-8-4-5-12-6-7(8)11;10-9(11,12)8(16)13-4-5-1-2-6(14(17)18)3-7(5)15(19)20;9-6-2-1-4(7(10)11)3-5(6)8(12)13/h2*4-6H,3H2,1-2H3;3-5H,2H2,1H3;4-6H,12H2,1-3H3;4-6H,1-3H3,(H,12,13,14);1-3H,4H2,(H,13,16);1-3,9H/p+1. The zero-order valence-electron chi connectivity index (χ0n) is 60.5. The van der Waals surface area contributed by atoms with Crippen LogP contribution < -0.4 is 26.5 Å². The van der Waals surface area contributed by atoms with Gasteiger partial charge in [0.2, 0.25) is 18.2 Å². The van der Waals surface area contributed by atoms with E-state index in [-0.39, 0.29) is 74.5 Å². The maximum Gasteiger partial charge on any atom is 0.471 e. The fraction of sp³-hybridized carbons (Fsp3) is 0.269. The fourth-order valence-electron chi connectivity index (χ4n) is 8.29. The van der Waals surface area contributed by atoms with Gasteiger partial charge in [-0.15, -0.1) is 0 Å². The molecule has 45 heteroatoms. The van der Waals surface area contributed by atoms with Gasteiger partial charge in [0.1, 0.15) is 44.4 Å². The maximum absolute atomic E-state index is 13.8. The summed E-state index contributed by atoms with van der Waals surface area (Å²) >= 11 is 3.06. The number of anilines is 2. The number of nitrogen functional groups attached to an aromatic ring is 1. The molecule has 0 saturated heterocycles. The number of alkyl halides is 3. The molecule has 0 aliphatic heterocycles. The number of nitrogens with one attached hydrogen (secondary N) is 3. The van der Waals surface area contributed by atoms with Crippen LogP contribution in [0.2, 0.25) is 0 Å². The number of fused-ring (bicyclic) bond motifs is 3. The summed E-state index contributed by atoms with van der Waals surface area (Å²) in [5.74, 6) is -1.87. The molecule has 0 aliphatic rings. The van der Waals surface area contributed by atoms with Crippen LogP contribution in [-0.4, -0.2) is 132 Å². The normalized spacial score (nSPS) is 10.7. The molecule has 3 amide bonds. The first-order valence-electron chi connectivity index (χ1n) is 31.8. The number of aryl methyl sites for hydroxylation is 2. The number of phenolic OH excluding ortho intramolecular Hbond substituents is 1. The zero-order chi connectivity index (χ0) is 84.4. The third-order valence-corrected chi connectivity index (χ3v) is 13.8. The Morgan fingerprint density at radius 1 is 0.562 bits per heavy atom. The van der Waals surface area contributed by atoms with Crippen LogP contribution in [0.1, 0.15) is 110 Å². The zero-order valence-corrected chi connectivity index (χ0v) is 62.1. The average Bonchev–Trinajstić information content (AvgIpc) is 1.63. The molecular weight excluding hydrogens is 1580 g/mol. The van der Waals surface area contributed by atoms with Gasteiger partial charge in [0.25, 0.3) is 17.1 Å². The fourth-order valence-corrected chi connectivity index (χ4v) is 8.59. The summed E-state index contributed by atoms with van der Waals surface area (Å²) in [6.07, 6.45) is 7.06. The number of pyridine rings is 5. The molecule has 0 radical (unpaired) electrons. The SMILES string of the molecule is CC(C)(C)OC(=O)Nc1cc[n+](N)cc1F.CC(C)(C)OC(=O)Nc1ccncc1F.CCOC(=O)c1cnn2ccc(Br)c(F)c12.CCOC(=O)c1cnn2ccc(C)c(F)c12.CCOC(=O)c1cnn2ccc(C)c(F)c12.O=C(NCc1ccc([N+](=O)[O-])cc1[N+](=O)[O-])C(F)(F)F.O=[N+]([O-])c1ccc(O)c([N+](=O)[O-])c1. The van der Waals surface area contributed by atoms with Crippen molar-refractivity contribution in [1.82, 2.24) is 39.1 Å². The van der Waals surface area contributed by atoms with Crippen molar-refractivity contribution in [3.05, 3.63) is 236 Å². The summed E-state index contributed by atoms with van der Waals surface area (Å²) in [6.45, 7) is 18.7. The number of non-ortho nitro benzene ring substituents is 2. The number of esters is 3. The van der Waals surface area contributed by atoms with Gasteiger partial charge in [0.15, 0.2) is 29.0 Å². The van der Waals surface area contributed by atoms with Crippen molar-refractivity contribution in [2.75, 3.05) is 36.3 Å². The molecule has 0 unspecified atom stereocenters. The van der Waals surface area contributed by atoms with E-state index < -0.39 is 137 Å². The number of aromatic hydroxyl groups is 1.